The van der Waals surface area contributed by atoms with E-state index in [1.165, 1.54) is 0 Å². The van der Waals surface area contributed by atoms with Crippen LogP contribution >= 0.6 is 29.9 Å². The van der Waals surface area contributed by atoms with E-state index in [0.29, 0.717) is 0 Å². The van der Waals surface area contributed by atoms with Crippen molar-refractivity contribution in [1.82, 2.24) is 6.15 Å². The first kappa shape index (κ1) is 17.5. The second-order valence-corrected chi connectivity index (χ2v) is 5.97. The predicted octanol–water partition coefficient (Wildman–Crippen LogP) is 2.65. The van der Waals surface area contributed by atoms with Crippen LogP contribution in [0, 0.1) is 0 Å². The lowest BCUT2D eigenvalue weighted by Crippen LogP contribution is -2.13. The van der Waals surface area contributed by atoms with Gasteiger partial charge in [0.2, 0.25) is 0 Å². The smallest absolute Gasteiger partial charge is 0.325 e. The fraction of sp³-hybridized carbons (Fsp3) is 1.00. The summed E-state index contributed by atoms with van der Waals surface area (Å²) in [5, 5.41) is 0. The molecule has 0 saturated carbocycles. The van der Waals surface area contributed by atoms with Gasteiger partial charge in [-0.15, -0.1) is 23.2 Å². The maximum atomic E-state index is 9.48. The highest BCUT2D eigenvalue weighted by Crippen LogP contribution is 2.46. The Hall–Kier alpha value is 1.07. The number of rotatable bonds is 6. The average molecular weight is 284 g/mol. The molecule has 4 N–H and O–H groups in total. The highest BCUT2D eigenvalue weighted by atomic mass is 35.5. The van der Waals surface area contributed by atoms with Crippen molar-refractivity contribution in [2.45, 2.75) is 26.1 Å². The Morgan fingerprint density at radius 3 is 1.71 bits per heavy atom. The van der Waals surface area contributed by atoms with Gasteiger partial charge in [0, 0.05) is 11.8 Å². The molecule has 88 valence electrons. The highest BCUT2D eigenvalue weighted by molar-refractivity contribution is 8.07. The largest absolute Gasteiger partial charge is 0.344 e. The monoisotopic (exact) mass is 283 g/mol. The van der Waals surface area contributed by atoms with Gasteiger partial charge in [0.05, 0.1) is 12.2 Å². The second kappa shape index (κ2) is 8.25. The molecule has 2 atom stereocenters. The fourth-order valence-corrected chi connectivity index (χ4v) is 2.83. The van der Waals surface area contributed by atoms with Gasteiger partial charge in [-0.1, -0.05) is 0 Å². The fourth-order valence-electron chi connectivity index (χ4n) is 0.536. The molecular formula is C6H16Cl2NO3PS. The first-order valence-electron chi connectivity index (χ1n) is 3.72. The zero-order chi connectivity index (χ0) is 10.5. The molecule has 0 aliphatic carbocycles. The molecular weight excluding hydrogens is 268 g/mol. The molecule has 0 rings (SSSR count). The van der Waals surface area contributed by atoms with Crippen molar-refractivity contribution in [2.24, 2.45) is 0 Å². The van der Waals surface area contributed by atoms with Crippen LogP contribution in [0.2, 0.25) is 0 Å². The van der Waals surface area contributed by atoms with E-state index >= 15 is 0 Å². The lowest BCUT2D eigenvalue weighted by molar-refractivity contribution is 0.139. The summed E-state index contributed by atoms with van der Waals surface area (Å²) in [5.74, 6) is 0.523. The topological polar surface area (TPSA) is 73.7 Å². The van der Waals surface area contributed by atoms with Gasteiger partial charge in [0.15, 0.2) is 0 Å². The minimum absolute atomic E-state index is 0. The van der Waals surface area contributed by atoms with Gasteiger partial charge in [0.25, 0.3) is 0 Å². The SMILES string of the molecule is CC(CCl)OP(O)(=S)OC(C)CCl.N. The average Bonchev–Trinajstić information content (AvgIpc) is 2.02. The Kier molecular flexibility index (Phi) is 10.3. The molecule has 4 nitrogen and oxygen atoms in total. The summed E-state index contributed by atoms with van der Waals surface area (Å²) < 4.78 is 10.1. The number of alkyl halides is 2. The standard InChI is InChI=1S/C6H13Cl2O3PS.H3N/c1-5(3-7)10-12(9,13)11-6(2)4-8;/h5-6H,3-4H2,1-2H3,(H,9,13);1H3. The summed E-state index contributed by atoms with van der Waals surface area (Å²) in [6, 6.07) is 0. The Morgan fingerprint density at radius 1 is 1.21 bits per heavy atom. The summed E-state index contributed by atoms with van der Waals surface area (Å²) in [7, 11) is 0. The molecule has 0 spiro atoms. The molecule has 8 heteroatoms. The number of hydrogen-bond acceptors (Lipinski definition) is 4. The molecule has 0 heterocycles. The molecule has 0 aromatic rings. The highest BCUT2D eigenvalue weighted by Gasteiger charge is 2.21. The Morgan fingerprint density at radius 2 is 1.50 bits per heavy atom. The Balaban J connectivity index is 0. The van der Waals surface area contributed by atoms with Crippen molar-refractivity contribution in [1.29, 1.82) is 0 Å². The van der Waals surface area contributed by atoms with E-state index in [1.54, 1.807) is 13.8 Å². The quantitative estimate of drug-likeness (QED) is 0.579. The van der Waals surface area contributed by atoms with E-state index in [2.05, 4.69) is 0 Å². The molecule has 0 aromatic heterocycles. The van der Waals surface area contributed by atoms with Crippen LogP contribution in [0.3, 0.4) is 0 Å². The zero-order valence-electron chi connectivity index (χ0n) is 8.15. The Labute approximate surface area is 99.7 Å². The maximum Gasteiger partial charge on any atom is 0.325 e. The van der Waals surface area contributed by atoms with E-state index in [-0.39, 0.29) is 30.1 Å². The van der Waals surface area contributed by atoms with E-state index in [4.69, 9.17) is 44.1 Å². The summed E-state index contributed by atoms with van der Waals surface area (Å²) in [4.78, 5) is 9.48. The number of hydrogen-bond donors (Lipinski definition) is 2. The summed E-state index contributed by atoms with van der Waals surface area (Å²) in [6.45, 7) is 0.241. The van der Waals surface area contributed by atoms with Crippen molar-refractivity contribution < 1.29 is 13.9 Å². The van der Waals surface area contributed by atoms with Crippen LogP contribution < -0.4 is 6.15 Å². The molecule has 14 heavy (non-hydrogen) atoms. The van der Waals surface area contributed by atoms with Gasteiger partial charge in [-0.3, -0.25) is 0 Å². The predicted molar refractivity (Wildman–Crippen MR) is 64.1 cm³/mol. The lowest BCUT2D eigenvalue weighted by Gasteiger charge is -2.21. The van der Waals surface area contributed by atoms with E-state index in [1.807, 2.05) is 0 Å². The van der Waals surface area contributed by atoms with Crippen LogP contribution in [0.25, 0.3) is 0 Å². The van der Waals surface area contributed by atoms with Crippen molar-refractivity contribution in [2.75, 3.05) is 11.8 Å². The normalized spacial score (nSPS) is 19.2. The van der Waals surface area contributed by atoms with Crippen molar-refractivity contribution in [3.05, 3.63) is 0 Å². The molecule has 0 amide bonds. The van der Waals surface area contributed by atoms with Crippen LogP contribution in [0.15, 0.2) is 0 Å². The second-order valence-electron chi connectivity index (χ2n) is 2.61. The van der Waals surface area contributed by atoms with Gasteiger partial charge in [-0.2, -0.15) is 0 Å². The molecule has 0 fully saturated rings. The van der Waals surface area contributed by atoms with Gasteiger partial charge >= 0.3 is 6.72 Å². The minimum atomic E-state index is -3.17. The first-order valence-corrected chi connectivity index (χ1v) is 7.38. The lowest BCUT2D eigenvalue weighted by atomic mass is 10.5. The molecule has 0 aliphatic heterocycles. The summed E-state index contributed by atoms with van der Waals surface area (Å²) >= 11 is 15.7. The first-order chi connectivity index (χ1) is 5.91. The molecule has 0 aromatic carbocycles. The van der Waals surface area contributed by atoms with Crippen LogP contribution in [0.1, 0.15) is 13.8 Å². The van der Waals surface area contributed by atoms with E-state index in [9.17, 15) is 4.89 Å². The van der Waals surface area contributed by atoms with Crippen LogP contribution in [0.5, 0.6) is 0 Å². The van der Waals surface area contributed by atoms with Crippen LogP contribution in [0.4, 0.5) is 0 Å². The summed E-state index contributed by atoms with van der Waals surface area (Å²) in [5.41, 5.74) is 0. The minimum Gasteiger partial charge on any atom is -0.344 e. The van der Waals surface area contributed by atoms with E-state index < -0.39 is 6.72 Å². The van der Waals surface area contributed by atoms with Gasteiger partial charge in [-0.25, -0.2) is 0 Å². The third kappa shape index (κ3) is 8.38. The number of halogens is 2. The van der Waals surface area contributed by atoms with Crippen molar-refractivity contribution in [3.8, 4) is 0 Å². The van der Waals surface area contributed by atoms with Gasteiger partial charge in [-0.05, 0) is 25.7 Å². The molecule has 2 unspecified atom stereocenters. The summed E-state index contributed by atoms with van der Waals surface area (Å²) in [6.07, 6.45) is -0.639. The van der Waals surface area contributed by atoms with Crippen LogP contribution in [-0.2, 0) is 20.9 Å². The van der Waals surface area contributed by atoms with Gasteiger partial charge in [0.1, 0.15) is 0 Å². The van der Waals surface area contributed by atoms with Crippen LogP contribution in [-0.4, -0.2) is 28.9 Å². The van der Waals surface area contributed by atoms with Crippen molar-refractivity contribution >= 4 is 41.7 Å². The Bertz CT molecular complexity index is 182. The zero-order valence-corrected chi connectivity index (χ0v) is 11.4. The third-order valence-electron chi connectivity index (χ3n) is 1.06. The van der Waals surface area contributed by atoms with E-state index in [0.717, 1.165) is 0 Å². The van der Waals surface area contributed by atoms with Crippen molar-refractivity contribution in [3.63, 3.8) is 0 Å². The molecule has 0 aliphatic rings. The molecule has 0 radical (unpaired) electrons. The molecule has 0 bridgehead atoms. The van der Waals surface area contributed by atoms with Gasteiger partial charge < -0.3 is 20.1 Å². The maximum absolute atomic E-state index is 9.48. The third-order valence-corrected chi connectivity index (χ3v) is 3.70. The molecule has 0 saturated heterocycles.